The van der Waals surface area contributed by atoms with Gasteiger partial charge < -0.3 is 9.88 Å². The normalized spacial score (nSPS) is 16.4. The first kappa shape index (κ1) is 19.5. The van der Waals surface area contributed by atoms with Crippen molar-refractivity contribution < 1.29 is 4.79 Å². The van der Waals surface area contributed by atoms with Gasteiger partial charge in [0.25, 0.3) is 0 Å². The van der Waals surface area contributed by atoms with Crippen LogP contribution in [0.1, 0.15) is 64.2 Å². The molecule has 8 heteroatoms. The Hall–Kier alpha value is -2.77. The molecule has 3 aromatic rings. The van der Waals surface area contributed by atoms with Crippen LogP contribution >= 0.6 is 0 Å². The molecular weight excluding hydrogens is 366 g/mol. The van der Waals surface area contributed by atoms with Crippen molar-refractivity contribution >= 4 is 16.9 Å². The molecule has 0 radical (unpaired) electrons. The minimum absolute atomic E-state index is 0.0716. The summed E-state index contributed by atoms with van der Waals surface area (Å²) in [6.07, 6.45) is 7.73. The summed E-state index contributed by atoms with van der Waals surface area (Å²) < 4.78 is 3.96. The minimum atomic E-state index is -0.0735. The van der Waals surface area contributed by atoms with Gasteiger partial charge in [-0.1, -0.05) is 31.4 Å². The number of nitrogens with one attached hydrogen (secondary N) is 1. The van der Waals surface area contributed by atoms with E-state index in [1.165, 1.54) is 6.42 Å². The fourth-order valence-corrected chi connectivity index (χ4v) is 4.66. The van der Waals surface area contributed by atoms with Crippen molar-refractivity contribution in [3.8, 4) is 0 Å². The van der Waals surface area contributed by atoms with E-state index in [0.29, 0.717) is 19.5 Å². The first-order valence-corrected chi connectivity index (χ1v) is 10.5. The average Bonchev–Trinajstić information content (AvgIpc) is 3.34. The van der Waals surface area contributed by atoms with Crippen molar-refractivity contribution in [1.82, 2.24) is 35.1 Å². The third-order valence-electron chi connectivity index (χ3n) is 5.97. The van der Waals surface area contributed by atoms with E-state index in [-0.39, 0.29) is 17.4 Å². The highest BCUT2D eigenvalue weighted by Gasteiger charge is 2.35. The predicted molar refractivity (Wildman–Crippen MR) is 110 cm³/mol. The van der Waals surface area contributed by atoms with Crippen LogP contribution in [0, 0.1) is 5.41 Å². The molecule has 0 bridgehead atoms. The maximum atomic E-state index is 12.9. The SMILES string of the molecule is CC(C)n1c(CNC(=O)CC2(Cn3cnnn3)CCCCC2)nc2ccccc21. The molecule has 1 aliphatic rings. The van der Waals surface area contributed by atoms with Crippen LogP contribution < -0.4 is 5.32 Å². The Balaban J connectivity index is 1.46. The standard InChI is InChI=1S/C21H29N7O/c1-16(2)28-18-9-5-4-8-17(18)24-19(28)13-22-20(29)12-21(10-6-3-7-11-21)14-27-15-23-25-26-27/h4-5,8-9,15-16H,3,6-7,10-14H2,1-2H3,(H,22,29). The predicted octanol–water partition coefficient (Wildman–Crippen LogP) is 3.26. The third-order valence-corrected chi connectivity index (χ3v) is 5.97. The van der Waals surface area contributed by atoms with Crippen molar-refractivity contribution in [1.29, 1.82) is 0 Å². The van der Waals surface area contributed by atoms with Crippen molar-refractivity contribution in [3.05, 3.63) is 36.4 Å². The fourth-order valence-electron chi connectivity index (χ4n) is 4.66. The molecule has 2 aromatic heterocycles. The van der Waals surface area contributed by atoms with E-state index in [1.54, 1.807) is 11.0 Å². The number of benzene rings is 1. The zero-order chi connectivity index (χ0) is 20.3. The minimum Gasteiger partial charge on any atom is -0.349 e. The van der Waals surface area contributed by atoms with E-state index in [9.17, 15) is 4.79 Å². The van der Waals surface area contributed by atoms with E-state index in [1.807, 2.05) is 18.2 Å². The maximum absolute atomic E-state index is 12.9. The number of para-hydroxylation sites is 2. The lowest BCUT2D eigenvalue weighted by Crippen LogP contribution is -2.37. The summed E-state index contributed by atoms with van der Waals surface area (Å²) in [7, 11) is 0. The Labute approximate surface area is 170 Å². The van der Waals surface area contributed by atoms with Crippen LogP contribution in [0.4, 0.5) is 0 Å². The summed E-state index contributed by atoms with van der Waals surface area (Å²) in [5, 5.41) is 14.6. The number of nitrogens with zero attached hydrogens (tertiary/aromatic N) is 6. The van der Waals surface area contributed by atoms with E-state index < -0.39 is 0 Å². The number of tetrazole rings is 1. The second kappa shape index (κ2) is 8.31. The Morgan fingerprint density at radius 3 is 2.72 bits per heavy atom. The van der Waals surface area contributed by atoms with Gasteiger partial charge in [-0.2, -0.15) is 0 Å². The molecule has 0 spiro atoms. The van der Waals surface area contributed by atoms with Gasteiger partial charge in [-0.15, -0.1) is 5.10 Å². The van der Waals surface area contributed by atoms with E-state index in [4.69, 9.17) is 4.98 Å². The monoisotopic (exact) mass is 395 g/mol. The lowest BCUT2D eigenvalue weighted by molar-refractivity contribution is -0.124. The molecule has 1 saturated carbocycles. The highest BCUT2D eigenvalue weighted by atomic mass is 16.1. The molecule has 8 nitrogen and oxygen atoms in total. The summed E-state index contributed by atoms with van der Waals surface area (Å²) in [5.74, 6) is 0.968. The Morgan fingerprint density at radius 1 is 1.21 bits per heavy atom. The zero-order valence-corrected chi connectivity index (χ0v) is 17.2. The summed E-state index contributed by atoms with van der Waals surface area (Å²) in [6.45, 7) is 5.41. The third kappa shape index (κ3) is 4.31. The van der Waals surface area contributed by atoms with Crippen LogP contribution in [0.3, 0.4) is 0 Å². The van der Waals surface area contributed by atoms with Crippen LogP contribution in [0.25, 0.3) is 11.0 Å². The number of carbonyl (C=O) groups is 1. The highest BCUT2D eigenvalue weighted by Crippen LogP contribution is 2.40. The molecule has 0 aliphatic heterocycles. The number of hydrogen-bond donors (Lipinski definition) is 1. The van der Waals surface area contributed by atoms with Gasteiger partial charge in [0.1, 0.15) is 12.2 Å². The molecule has 4 rings (SSSR count). The molecule has 1 N–H and O–H groups in total. The lowest BCUT2D eigenvalue weighted by Gasteiger charge is -2.36. The van der Waals surface area contributed by atoms with Gasteiger partial charge in [0.2, 0.25) is 5.91 Å². The molecule has 1 aromatic carbocycles. The largest absolute Gasteiger partial charge is 0.349 e. The molecule has 1 amide bonds. The number of fused-ring (bicyclic) bond motifs is 1. The van der Waals surface area contributed by atoms with Gasteiger partial charge in [-0.25, -0.2) is 9.67 Å². The molecular formula is C21H29N7O. The van der Waals surface area contributed by atoms with Crippen LogP contribution in [-0.2, 0) is 17.9 Å². The van der Waals surface area contributed by atoms with E-state index >= 15 is 0 Å². The van der Waals surface area contributed by atoms with Crippen molar-refractivity contribution in [2.24, 2.45) is 5.41 Å². The number of carbonyl (C=O) groups excluding carboxylic acids is 1. The van der Waals surface area contributed by atoms with Gasteiger partial charge in [0.15, 0.2) is 0 Å². The number of rotatable bonds is 7. The van der Waals surface area contributed by atoms with Gasteiger partial charge in [-0.05, 0) is 54.7 Å². The molecule has 0 atom stereocenters. The molecule has 154 valence electrons. The second-order valence-electron chi connectivity index (χ2n) is 8.50. The maximum Gasteiger partial charge on any atom is 0.220 e. The highest BCUT2D eigenvalue weighted by molar-refractivity contribution is 5.78. The Morgan fingerprint density at radius 2 is 2.00 bits per heavy atom. The summed E-state index contributed by atoms with van der Waals surface area (Å²) in [5.41, 5.74) is 2.00. The van der Waals surface area contributed by atoms with Crippen LogP contribution in [0.15, 0.2) is 30.6 Å². The molecule has 1 aliphatic carbocycles. The quantitative estimate of drug-likeness (QED) is 0.663. The average molecular weight is 396 g/mol. The second-order valence-corrected chi connectivity index (χ2v) is 8.50. The van der Waals surface area contributed by atoms with Crippen molar-refractivity contribution in [2.75, 3.05) is 0 Å². The molecule has 29 heavy (non-hydrogen) atoms. The first-order chi connectivity index (χ1) is 14.1. The summed E-state index contributed by atoms with van der Waals surface area (Å²) in [6, 6.07) is 8.39. The van der Waals surface area contributed by atoms with E-state index in [2.05, 4.69) is 45.3 Å². The van der Waals surface area contributed by atoms with Gasteiger partial charge in [0.05, 0.1) is 24.1 Å². The lowest BCUT2D eigenvalue weighted by atomic mass is 9.71. The fraction of sp³-hybridized carbons (Fsp3) is 0.571. The summed E-state index contributed by atoms with van der Waals surface area (Å²) in [4.78, 5) is 17.7. The molecule has 2 heterocycles. The molecule has 0 unspecified atom stereocenters. The number of imidazole rings is 1. The van der Waals surface area contributed by atoms with Crippen molar-refractivity contribution in [2.45, 2.75) is 71.5 Å². The number of aromatic nitrogens is 6. The molecule has 0 saturated heterocycles. The number of hydrogen-bond acceptors (Lipinski definition) is 5. The number of amides is 1. The van der Waals surface area contributed by atoms with Crippen LogP contribution in [0.2, 0.25) is 0 Å². The van der Waals surface area contributed by atoms with E-state index in [0.717, 1.165) is 42.5 Å². The smallest absolute Gasteiger partial charge is 0.220 e. The Kier molecular flexibility index (Phi) is 5.60. The summed E-state index contributed by atoms with van der Waals surface area (Å²) >= 11 is 0. The Bertz CT molecular complexity index is 955. The molecule has 1 fully saturated rings. The van der Waals surface area contributed by atoms with Crippen LogP contribution in [0.5, 0.6) is 0 Å². The first-order valence-electron chi connectivity index (χ1n) is 10.5. The van der Waals surface area contributed by atoms with Crippen molar-refractivity contribution in [3.63, 3.8) is 0 Å². The van der Waals surface area contributed by atoms with Gasteiger partial charge in [-0.3, -0.25) is 4.79 Å². The van der Waals surface area contributed by atoms with Crippen LogP contribution in [-0.4, -0.2) is 35.7 Å². The van der Waals surface area contributed by atoms with Gasteiger partial charge >= 0.3 is 0 Å². The topological polar surface area (TPSA) is 90.5 Å². The zero-order valence-electron chi connectivity index (χ0n) is 17.2. The van der Waals surface area contributed by atoms with Gasteiger partial charge in [0, 0.05) is 12.5 Å².